The van der Waals surface area contributed by atoms with Crippen molar-refractivity contribution in [1.82, 2.24) is 4.98 Å². The van der Waals surface area contributed by atoms with Crippen LogP contribution in [0, 0.1) is 6.92 Å². The van der Waals surface area contributed by atoms with Crippen LogP contribution in [-0.4, -0.2) is 25.0 Å². The van der Waals surface area contributed by atoms with Crippen molar-refractivity contribution >= 4 is 6.29 Å². The van der Waals surface area contributed by atoms with Gasteiger partial charge in [-0.05, 0) is 18.4 Å². The van der Waals surface area contributed by atoms with Crippen molar-refractivity contribution < 1.29 is 14.6 Å². The summed E-state index contributed by atoms with van der Waals surface area (Å²) < 4.78 is 4.96. The quantitative estimate of drug-likeness (QED) is 0.658. The molecule has 1 atom stereocenters. The standard InChI is InChI=1S/C11H14NO3/c1-8-10(9(7-14)5-6-13)3-4-11(12-8)15-2/h3-4,6,9H,5,7H2,1-2H3/q-1. The molecule has 0 saturated heterocycles. The molecule has 4 heteroatoms. The zero-order chi connectivity index (χ0) is 11.3. The molecule has 1 heterocycles. The fraction of sp³-hybridized carbons (Fsp3) is 0.455. The summed E-state index contributed by atoms with van der Waals surface area (Å²) >= 11 is 0. The minimum absolute atomic E-state index is 0.248. The molecular weight excluding hydrogens is 194 g/mol. The molecule has 0 aromatic carbocycles. The van der Waals surface area contributed by atoms with E-state index in [0.717, 1.165) is 17.5 Å². The molecule has 0 radical (unpaired) electrons. The molecule has 15 heavy (non-hydrogen) atoms. The van der Waals surface area contributed by atoms with E-state index in [0.29, 0.717) is 5.88 Å². The molecule has 0 amide bonds. The van der Waals surface area contributed by atoms with Gasteiger partial charge in [0, 0.05) is 18.2 Å². The van der Waals surface area contributed by atoms with Gasteiger partial charge in [-0.2, -0.15) is 0 Å². The minimum Gasteiger partial charge on any atom is -0.854 e. The SMILES string of the molecule is COc1ccc(C(C[O-])CC=O)c(C)n1. The highest BCUT2D eigenvalue weighted by Crippen LogP contribution is 2.22. The Morgan fingerprint density at radius 2 is 2.33 bits per heavy atom. The lowest BCUT2D eigenvalue weighted by Gasteiger charge is -2.19. The van der Waals surface area contributed by atoms with E-state index in [9.17, 15) is 9.90 Å². The Morgan fingerprint density at radius 3 is 2.80 bits per heavy atom. The number of nitrogens with zero attached hydrogens (tertiary/aromatic N) is 1. The fourth-order valence-electron chi connectivity index (χ4n) is 1.49. The Kier molecular flexibility index (Phi) is 4.24. The second kappa shape index (κ2) is 5.46. The largest absolute Gasteiger partial charge is 0.854 e. The van der Waals surface area contributed by atoms with Crippen LogP contribution in [0.25, 0.3) is 0 Å². The summed E-state index contributed by atoms with van der Waals surface area (Å²) in [5.74, 6) is 0.243. The summed E-state index contributed by atoms with van der Waals surface area (Å²) in [7, 11) is 1.54. The molecule has 1 rings (SSSR count). The Labute approximate surface area is 88.9 Å². The third-order valence-corrected chi connectivity index (χ3v) is 2.33. The Morgan fingerprint density at radius 1 is 1.60 bits per heavy atom. The maximum Gasteiger partial charge on any atom is 0.213 e. The average molecular weight is 208 g/mol. The van der Waals surface area contributed by atoms with Crippen molar-refractivity contribution in [3.63, 3.8) is 0 Å². The van der Waals surface area contributed by atoms with Crippen LogP contribution in [0.3, 0.4) is 0 Å². The van der Waals surface area contributed by atoms with E-state index < -0.39 is 0 Å². The molecule has 1 aromatic rings. The summed E-state index contributed by atoms with van der Waals surface area (Å²) in [6.45, 7) is 1.51. The molecule has 0 fully saturated rings. The second-order valence-electron chi connectivity index (χ2n) is 3.29. The monoisotopic (exact) mass is 208 g/mol. The van der Waals surface area contributed by atoms with Gasteiger partial charge in [-0.15, -0.1) is 6.61 Å². The first-order chi connectivity index (χ1) is 7.22. The number of aromatic nitrogens is 1. The highest BCUT2D eigenvalue weighted by atomic mass is 16.5. The van der Waals surface area contributed by atoms with E-state index in [1.54, 1.807) is 12.1 Å². The summed E-state index contributed by atoms with van der Waals surface area (Å²) in [5, 5.41) is 10.9. The highest BCUT2D eigenvalue weighted by Gasteiger charge is 2.10. The molecule has 0 spiro atoms. The molecule has 0 N–H and O–H groups in total. The van der Waals surface area contributed by atoms with E-state index in [4.69, 9.17) is 4.74 Å². The van der Waals surface area contributed by atoms with Crippen molar-refractivity contribution in [1.29, 1.82) is 0 Å². The van der Waals surface area contributed by atoms with E-state index in [1.807, 2.05) is 6.92 Å². The molecule has 0 aliphatic carbocycles. The van der Waals surface area contributed by atoms with Crippen LogP contribution in [0.5, 0.6) is 5.88 Å². The van der Waals surface area contributed by atoms with Crippen molar-refractivity contribution in [3.05, 3.63) is 23.4 Å². The average Bonchev–Trinajstić information content (AvgIpc) is 2.26. The van der Waals surface area contributed by atoms with Gasteiger partial charge in [-0.1, -0.05) is 6.07 Å². The summed E-state index contributed by atoms with van der Waals surface area (Å²) in [6.07, 6.45) is 1.02. The number of carbonyl (C=O) groups excluding carboxylic acids is 1. The van der Waals surface area contributed by atoms with Gasteiger partial charge in [-0.3, -0.25) is 0 Å². The maximum atomic E-state index is 10.9. The minimum atomic E-state index is -0.298. The van der Waals surface area contributed by atoms with Crippen molar-refractivity contribution in [2.24, 2.45) is 0 Å². The van der Waals surface area contributed by atoms with Gasteiger partial charge in [0.15, 0.2) is 0 Å². The van der Waals surface area contributed by atoms with Gasteiger partial charge in [-0.25, -0.2) is 4.98 Å². The Hall–Kier alpha value is -1.42. The van der Waals surface area contributed by atoms with E-state index in [1.165, 1.54) is 7.11 Å². The van der Waals surface area contributed by atoms with Gasteiger partial charge in [0.2, 0.25) is 5.88 Å². The topological polar surface area (TPSA) is 62.2 Å². The number of methoxy groups -OCH3 is 1. The number of rotatable bonds is 5. The van der Waals surface area contributed by atoms with Crippen LogP contribution >= 0.6 is 0 Å². The predicted molar refractivity (Wildman–Crippen MR) is 53.8 cm³/mol. The molecule has 0 saturated carbocycles. The zero-order valence-corrected chi connectivity index (χ0v) is 8.90. The smallest absolute Gasteiger partial charge is 0.213 e. The van der Waals surface area contributed by atoms with E-state index >= 15 is 0 Å². The van der Waals surface area contributed by atoms with Crippen LogP contribution in [0.4, 0.5) is 0 Å². The number of carbonyl (C=O) groups is 1. The molecule has 0 bridgehead atoms. The molecule has 1 unspecified atom stereocenters. The van der Waals surface area contributed by atoms with Crippen molar-refractivity contribution in [2.45, 2.75) is 19.3 Å². The molecule has 4 nitrogen and oxygen atoms in total. The van der Waals surface area contributed by atoms with Crippen molar-refractivity contribution in [2.75, 3.05) is 13.7 Å². The number of ether oxygens (including phenoxy) is 1. The number of pyridine rings is 1. The lowest BCUT2D eigenvalue weighted by atomic mass is 9.96. The third kappa shape index (κ3) is 2.76. The van der Waals surface area contributed by atoms with Crippen LogP contribution in [0.2, 0.25) is 0 Å². The number of hydrogen-bond donors (Lipinski definition) is 0. The zero-order valence-electron chi connectivity index (χ0n) is 8.90. The van der Waals surface area contributed by atoms with E-state index in [2.05, 4.69) is 4.98 Å². The highest BCUT2D eigenvalue weighted by molar-refractivity contribution is 5.52. The predicted octanol–water partition coefficient (Wildman–Crippen LogP) is 0.432. The molecular formula is C11H14NO3-. The third-order valence-electron chi connectivity index (χ3n) is 2.33. The van der Waals surface area contributed by atoms with Crippen LogP contribution in [0.15, 0.2) is 12.1 Å². The number of hydrogen-bond acceptors (Lipinski definition) is 4. The molecule has 82 valence electrons. The summed E-state index contributed by atoms with van der Waals surface area (Å²) in [5.41, 5.74) is 1.58. The molecule has 0 aliphatic heterocycles. The lowest BCUT2D eigenvalue weighted by Crippen LogP contribution is -2.18. The molecule has 1 aromatic heterocycles. The van der Waals surface area contributed by atoms with Crippen molar-refractivity contribution in [3.8, 4) is 5.88 Å². The lowest BCUT2D eigenvalue weighted by molar-refractivity contribution is -0.372. The first-order valence-corrected chi connectivity index (χ1v) is 4.76. The van der Waals surface area contributed by atoms with E-state index in [-0.39, 0.29) is 18.9 Å². The Balaban J connectivity index is 2.97. The first-order valence-electron chi connectivity index (χ1n) is 4.76. The Bertz CT molecular complexity index is 339. The van der Waals surface area contributed by atoms with Gasteiger partial charge >= 0.3 is 0 Å². The van der Waals surface area contributed by atoms with Gasteiger partial charge in [0.25, 0.3) is 0 Å². The van der Waals surface area contributed by atoms with Crippen LogP contribution < -0.4 is 9.84 Å². The number of aryl methyl sites for hydroxylation is 1. The second-order valence-corrected chi connectivity index (χ2v) is 3.29. The maximum absolute atomic E-state index is 10.9. The van der Waals surface area contributed by atoms with Gasteiger partial charge < -0.3 is 14.6 Å². The summed E-state index contributed by atoms with van der Waals surface area (Å²) in [6, 6.07) is 3.50. The van der Waals surface area contributed by atoms with Gasteiger partial charge in [0.1, 0.15) is 6.29 Å². The normalized spacial score (nSPS) is 12.2. The van der Waals surface area contributed by atoms with Crippen LogP contribution in [0.1, 0.15) is 23.6 Å². The first kappa shape index (κ1) is 11.7. The summed E-state index contributed by atoms with van der Waals surface area (Å²) in [4.78, 5) is 14.6. The van der Waals surface area contributed by atoms with Gasteiger partial charge in [0.05, 0.1) is 7.11 Å². The number of aldehydes is 1. The van der Waals surface area contributed by atoms with Crippen LogP contribution in [-0.2, 0) is 4.79 Å². The fourth-order valence-corrected chi connectivity index (χ4v) is 1.49. The molecule has 0 aliphatic rings.